The molecule has 8 nitrogen and oxygen atoms in total. The Bertz CT molecular complexity index is 1230. The fourth-order valence-corrected chi connectivity index (χ4v) is 11.3. The Morgan fingerprint density at radius 1 is 0.440 bits per heavy atom. The molecule has 0 aromatic carbocycles. The van der Waals surface area contributed by atoms with Gasteiger partial charge in [0.15, 0.2) is 0 Å². The minimum atomic E-state index is -4.32. The van der Waals surface area contributed by atoms with Crippen LogP contribution >= 0.6 is 7.82 Å². The molecule has 0 aliphatic rings. The van der Waals surface area contributed by atoms with E-state index in [9.17, 15) is 19.4 Å². The van der Waals surface area contributed by atoms with Gasteiger partial charge in [-0.15, -0.1) is 0 Å². The molecular weight excluding hydrogens is 948 g/mol. The number of aliphatic hydroxyl groups excluding tert-OH is 1. The van der Waals surface area contributed by atoms with Gasteiger partial charge in [0.25, 0.3) is 0 Å². The first-order chi connectivity index (χ1) is 36.5. The Morgan fingerprint density at radius 3 is 1.03 bits per heavy atom. The topological polar surface area (TPSA) is 105 Å². The lowest BCUT2D eigenvalue weighted by Crippen LogP contribution is -2.46. The smallest absolute Gasteiger partial charge is 0.391 e. The van der Waals surface area contributed by atoms with Crippen LogP contribution < -0.4 is 5.32 Å². The molecular formula is C66H134N2O6P+. The Kier molecular flexibility index (Phi) is 57.3. The Morgan fingerprint density at radius 2 is 0.720 bits per heavy atom. The molecule has 9 heteroatoms. The number of aliphatic hydroxyl groups is 1. The number of allylic oxidation sites excluding steroid dienone is 2. The molecule has 0 saturated heterocycles. The highest BCUT2D eigenvalue weighted by atomic mass is 31.2. The monoisotopic (exact) mass is 1080 g/mol. The standard InChI is InChI=1S/C66H133N2O6P/c1-6-8-10-12-14-16-18-20-21-22-23-24-25-26-27-28-29-30-31-32-33-34-35-36-37-38-39-40-41-42-43-44-45-46-47-48-50-52-54-56-58-60-66(70)67-64(63-74-75(71,72)73-62-61-68(3,4)5)65(69)59-57-55-53-51-49-19-17-15-13-11-9-7-2/h22-23,64-65,69H,6-21,24-63H2,1-5H3,(H-,67,70,71,72)/p+1/b23-22-. The van der Waals surface area contributed by atoms with Crippen molar-refractivity contribution in [1.29, 1.82) is 0 Å². The van der Waals surface area contributed by atoms with E-state index in [-0.39, 0.29) is 19.1 Å². The molecule has 0 aromatic heterocycles. The van der Waals surface area contributed by atoms with Crippen LogP contribution in [0.25, 0.3) is 0 Å². The molecule has 0 rings (SSSR count). The van der Waals surface area contributed by atoms with Gasteiger partial charge in [0.2, 0.25) is 5.91 Å². The van der Waals surface area contributed by atoms with Gasteiger partial charge in [-0.25, -0.2) is 4.57 Å². The molecule has 448 valence electrons. The van der Waals surface area contributed by atoms with Gasteiger partial charge in [-0.05, 0) is 38.5 Å². The summed E-state index contributed by atoms with van der Waals surface area (Å²) in [5, 5.41) is 14.0. The predicted molar refractivity (Wildman–Crippen MR) is 328 cm³/mol. The van der Waals surface area contributed by atoms with Crippen molar-refractivity contribution in [3.8, 4) is 0 Å². The van der Waals surface area contributed by atoms with Crippen LogP contribution in [0.3, 0.4) is 0 Å². The van der Waals surface area contributed by atoms with Gasteiger partial charge in [-0.3, -0.25) is 13.8 Å². The average molecular weight is 1080 g/mol. The van der Waals surface area contributed by atoms with E-state index in [1.54, 1.807) is 0 Å². The number of hydrogen-bond donors (Lipinski definition) is 3. The molecule has 0 fully saturated rings. The summed E-state index contributed by atoms with van der Waals surface area (Å²) < 4.78 is 23.8. The highest BCUT2D eigenvalue weighted by molar-refractivity contribution is 7.47. The zero-order valence-corrected chi connectivity index (χ0v) is 52.2. The van der Waals surface area contributed by atoms with Crippen LogP contribution in [0, 0.1) is 0 Å². The number of quaternary nitrogens is 1. The minimum absolute atomic E-state index is 0.0783. The molecule has 1 amide bonds. The average Bonchev–Trinajstić information content (AvgIpc) is 3.37. The predicted octanol–water partition coefficient (Wildman–Crippen LogP) is 20.9. The number of rotatable bonds is 63. The molecule has 0 radical (unpaired) electrons. The third-order valence-electron chi connectivity index (χ3n) is 15.8. The molecule has 0 aliphatic heterocycles. The van der Waals surface area contributed by atoms with Gasteiger partial charge in [0.05, 0.1) is 39.9 Å². The third kappa shape index (κ3) is 60.7. The van der Waals surface area contributed by atoms with Crippen molar-refractivity contribution in [1.82, 2.24) is 5.32 Å². The van der Waals surface area contributed by atoms with E-state index in [2.05, 4.69) is 31.3 Å². The number of phosphoric acid groups is 1. The van der Waals surface area contributed by atoms with Crippen LogP contribution in [-0.2, 0) is 18.4 Å². The van der Waals surface area contributed by atoms with E-state index >= 15 is 0 Å². The first-order valence-electron chi connectivity index (χ1n) is 33.6. The van der Waals surface area contributed by atoms with Crippen LogP contribution in [-0.4, -0.2) is 73.4 Å². The van der Waals surface area contributed by atoms with Crippen LogP contribution in [0.5, 0.6) is 0 Å². The number of amides is 1. The van der Waals surface area contributed by atoms with Gasteiger partial charge in [-0.2, -0.15) is 0 Å². The maximum atomic E-state index is 13.0. The van der Waals surface area contributed by atoms with Gasteiger partial charge < -0.3 is 19.8 Å². The number of hydrogen-bond acceptors (Lipinski definition) is 5. The molecule has 3 atom stereocenters. The summed E-state index contributed by atoms with van der Waals surface area (Å²) in [7, 11) is 1.63. The molecule has 0 heterocycles. The quantitative estimate of drug-likeness (QED) is 0.0243. The van der Waals surface area contributed by atoms with Gasteiger partial charge >= 0.3 is 7.82 Å². The second kappa shape index (κ2) is 57.9. The maximum absolute atomic E-state index is 13.0. The summed E-state index contributed by atoms with van der Waals surface area (Å²) in [6.07, 6.45) is 73.4. The second-order valence-corrected chi connectivity index (χ2v) is 26.0. The lowest BCUT2D eigenvalue weighted by Gasteiger charge is -2.26. The van der Waals surface area contributed by atoms with E-state index in [1.807, 2.05) is 21.1 Å². The van der Waals surface area contributed by atoms with Crippen LogP contribution in [0.1, 0.15) is 354 Å². The molecule has 0 aromatic rings. The summed E-state index contributed by atoms with van der Waals surface area (Å²) in [6.45, 7) is 4.92. The molecule has 3 unspecified atom stereocenters. The highest BCUT2D eigenvalue weighted by Gasteiger charge is 2.28. The largest absolute Gasteiger partial charge is 0.472 e. The van der Waals surface area contributed by atoms with E-state index in [1.165, 1.54) is 289 Å². The van der Waals surface area contributed by atoms with Crippen molar-refractivity contribution < 1.29 is 32.9 Å². The van der Waals surface area contributed by atoms with Crippen molar-refractivity contribution in [3.05, 3.63) is 12.2 Å². The molecule has 0 bridgehead atoms. The summed E-state index contributed by atoms with van der Waals surface area (Å²) in [5.74, 6) is -0.137. The van der Waals surface area contributed by atoms with Gasteiger partial charge in [0, 0.05) is 6.42 Å². The maximum Gasteiger partial charge on any atom is 0.472 e. The number of unbranched alkanes of at least 4 members (excludes halogenated alkanes) is 48. The number of carbonyl (C=O) groups excluding carboxylic acids is 1. The van der Waals surface area contributed by atoms with E-state index < -0.39 is 20.0 Å². The van der Waals surface area contributed by atoms with Crippen LogP contribution in [0.15, 0.2) is 12.2 Å². The van der Waals surface area contributed by atoms with Gasteiger partial charge in [0.1, 0.15) is 13.2 Å². The highest BCUT2D eigenvalue weighted by Crippen LogP contribution is 2.43. The number of phosphoric ester groups is 1. The Labute approximate surface area is 469 Å². The summed E-state index contributed by atoms with van der Waals surface area (Å²) in [6, 6.07) is -0.755. The zero-order valence-electron chi connectivity index (χ0n) is 51.3. The Hall–Kier alpha value is -0.760. The van der Waals surface area contributed by atoms with E-state index in [0.717, 1.165) is 38.5 Å². The summed E-state index contributed by atoms with van der Waals surface area (Å²) >= 11 is 0. The van der Waals surface area contributed by atoms with Gasteiger partial charge in [-0.1, -0.05) is 321 Å². The lowest BCUT2D eigenvalue weighted by atomic mass is 10.0. The second-order valence-electron chi connectivity index (χ2n) is 24.6. The minimum Gasteiger partial charge on any atom is -0.391 e. The first-order valence-corrected chi connectivity index (χ1v) is 35.0. The zero-order chi connectivity index (χ0) is 54.9. The SMILES string of the molecule is CCCCCCCCCC/C=C\CCCCCCCCCCCCCCCCCCCCCCCCCCCCCCCC(=O)NC(COP(=O)(O)OCC[N+](C)(C)C)C(O)CCCCCCCCCCCCCC. The summed E-state index contributed by atoms with van der Waals surface area (Å²) in [5.41, 5.74) is 0. The van der Waals surface area contributed by atoms with Crippen LogP contribution in [0.2, 0.25) is 0 Å². The number of likely N-dealkylation sites (N-methyl/N-ethyl adjacent to an activating group) is 1. The number of nitrogens with zero attached hydrogens (tertiary/aromatic N) is 1. The fraction of sp³-hybridized carbons (Fsp3) is 0.955. The number of nitrogens with one attached hydrogen (secondary N) is 1. The van der Waals surface area contributed by atoms with Crippen LogP contribution in [0.4, 0.5) is 0 Å². The molecule has 0 spiro atoms. The third-order valence-corrected chi connectivity index (χ3v) is 16.7. The molecule has 0 saturated carbocycles. The molecule has 3 N–H and O–H groups in total. The van der Waals surface area contributed by atoms with E-state index in [4.69, 9.17) is 9.05 Å². The lowest BCUT2D eigenvalue weighted by molar-refractivity contribution is -0.870. The van der Waals surface area contributed by atoms with Crippen molar-refractivity contribution in [2.24, 2.45) is 0 Å². The van der Waals surface area contributed by atoms with Crippen molar-refractivity contribution in [2.75, 3.05) is 40.9 Å². The fourth-order valence-electron chi connectivity index (χ4n) is 10.5. The van der Waals surface area contributed by atoms with Crippen molar-refractivity contribution in [2.45, 2.75) is 366 Å². The summed E-state index contributed by atoms with van der Waals surface area (Å²) in [4.78, 5) is 23.3. The normalized spacial score (nSPS) is 13.7. The van der Waals surface area contributed by atoms with E-state index in [0.29, 0.717) is 23.9 Å². The molecule has 75 heavy (non-hydrogen) atoms. The first kappa shape index (κ1) is 74.2. The molecule has 0 aliphatic carbocycles. The van der Waals surface area contributed by atoms with Crippen molar-refractivity contribution >= 4 is 13.7 Å². The number of carbonyl (C=O) groups is 1. The Balaban J connectivity index is 3.76. The van der Waals surface area contributed by atoms with Crippen molar-refractivity contribution in [3.63, 3.8) is 0 Å².